The van der Waals surface area contributed by atoms with Crippen molar-refractivity contribution >= 4 is 34.6 Å². The molecule has 0 radical (unpaired) electrons. The van der Waals surface area contributed by atoms with Crippen molar-refractivity contribution in [3.05, 3.63) is 48.5 Å². The van der Waals surface area contributed by atoms with Gasteiger partial charge in [-0.3, -0.25) is 9.59 Å². The summed E-state index contributed by atoms with van der Waals surface area (Å²) < 4.78 is 0. The predicted octanol–water partition coefficient (Wildman–Crippen LogP) is 8.41. The van der Waals surface area contributed by atoms with Gasteiger partial charge in [0.2, 0.25) is 11.8 Å². The molecule has 6 nitrogen and oxygen atoms in total. The molecule has 0 aliphatic rings. The number of benzene rings is 2. The van der Waals surface area contributed by atoms with E-state index in [1.807, 2.05) is 50.2 Å². The van der Waals surface area contributed by atoms with E-state index in [0.29, 0.717) is 17.1 Å². The third-order valence-corrected chi connectivity index (χ3v) is 6.09. The fourth-order valence-electron chi connectivity index (χ4n) is 3.83. The second kappa shape index (κ2) is 15.0. The molecule has 0 aliphatic heterocycles. The molecule has 0 aliphatic carbocycles. The molecule has 2 N–H and O–H groups in total. The molecule has 0 heterocycles. The number of anilines is 2. The summed E-state index contributed by atoms with van der Waals surface area (Å²) in [6.07, 6.45) is 7.47. The molecule has 2 rings (SSSR count). The number of rotatable bonds is 14. The van der Waals surface area contributed by atoms with Crippen molar-refractivity contribution in [2.75, 3.05) is 10.6 Å². The van der Waals surface area contributed by atoms with Gasteiger partial charge in [0.05, 0.1) is 11.4 Å². The summed E-state index contributed by atoms with van der Waals surface area (Å²) in [6.45, 7) is 8.34. The molecule has 2 aromatic carbocycles. The van der Waals surface area contributed by atoms with Crippen LogP contribution in [0.5, 0.6) is 0 Å². The van der Waals surface area contributed by atoms with Gasteiger partial charge in [-0.1, -0.05) is 71.6 Å². The highest BCUT2D eigenvalue weighted by molar-refractivity contribution is 5.98. The minimum atomic E-state index is -0.0596. The third-order valence-electron chi connectivity index (χ3n) is 6.09. The van der Waals surface area contributed by atoms with E-state index < -0.39 is 0 Å². The first kappa shape index (κ1) is 27.2. The van der Waals surface area contributed by atoms with Gasteiger partial charge in [0.25, 0.3) is 0 Å². The van der Waals surface area contributed by atoms with Gasteiger partial charge in [0.15, 0.2) is 0 Å². The topological polar surface area (TPSA) is 82.9 Å². The molecular weight excluding hydrogens is 424 g/mol. The average molecular weight is 465 g/mol. The lowest BCUT2D eigenvalue weighted by molar-refractivity contribution is -0.120. The van der Waals surface area contributed by atoms with E-state index in [1.165, 1.54) is 0 Å². The quantitative estimate of drug-likeness (QED) is 0.275. The number of nitrogens with one attached hydrogen (secondary N) is 2. The van der Waals surface area contributed by atoms with E-state index >= 15 is 0 Å². The second-order valence-electron chi connectivity index (χ2n) is 8.74. The Balaban J connectivity index is 2.28. The third kappa shape index (κ3) is 8.73. The van der Waals surface area contributed by atoms with E-state index in [1.54, 1.807) is 12.1 Å². The molecule has 2 atom stereocenters. The highest BCUT2D eigenvalue weighted by Crippen LogP contribution is 2.31. The molecule has 0 aromatic heterocycles. The van der Waals surface area contributed by atoms with Crippen molar-refractivity contribution in [2.24, 2.45) is 22.1 Å². The van der Waals surface area contributed by atoms with Crippen LogP contribution in [0.15, 0.2) is 58.8 Å². The van der Waals surface area contributed by atoms with Crippen molar-refractivity contribution in [1.29, 1.82) is 0 Å². The van der Waals surface area contributed by atoms with Crippen LogP contribution >= 0.6 is 0 Å². The van der Waals surface area contributed by atoms with Gasteiger partial charge in [0, 0.05) is 17.5 Å². The van der Waals surface area contributed by atoms with E-state index in [9.17, 15) is 9.59 Å². The zero-order chi connectivity index (χ0) is 24.8. The Morgan fingerprint density at radius 3 is 1.91 bits per heavy atom. The van der Waals surface area contributed by atoms with Crippen molar-refractivity contribution in [2.45, 2.75) is 79.1 Å². The molecule has 0 spiro atoms. The number of unbranched alkanes of at least 4 members (excludes halogenated alkanes) is 2. The first-order valence-electron chi connectivity index (χ1n) is 12.7. The predicted molar refractivity (Wildman–Crippen MR) is 141 cm³/mol. The monoisotopic (exact) mass is 464 g/mol. The Bertz CT molecular complexity index is 927. The van der Waals surface area contributed by atoms with Crippen LogP contribution in [-0.4, -0.2) is 11.8 Å². The van der Waals surface area contributed by atoms with E-state index in [0.717, 1.165) is 57.1 Å². The molecule has 6 heteroatoms. The zero-order valence-corrected chi connectivity index (χ0v) is 21.1. The standard InChI is InChI=1S/C28H40N4O2/c1-5-9-14-21(7-3)27(33)29-24-18-19-25(32-31-23-16-12-11-13-17-23)26(20-24)30-28(34)22(8-4)15-10-6-2/h11-13,16-22H,5-10,14-15H2,1-4H3,(H,29,33)(H,30,34). The number of azo groups is 1. The lowest BCUT2D eigenvalue weighted by Crippen LogP contribution is -2.23. The fourth-order valence-corrected chi connectivity index (χ4v) is 3.83. The SMILES string of the molecule is CCCCC(CC)C(=O)Nc1ccc(N=Nc2ccccc2)c(NC(=O)C(CC)CCCC)c1. The summed E-state index contributed by atoms with van der Waals surface area (Å²) in [7, 11) is 0. The molecule has 0 fully saturated rings. The Kier molecular flexibility index (Phi) is 12.0. The minimum absolute atomic E-state index is 0.0151. The summed E-state index contributed by atoms with van der Waals surface area (Å²) in [5, 5.41) is 14.8. The van der Waals surface area contributed by atoms with E-state index in [-0.39, 0.29) is 23.7 Å². The number of nitrogens with zero attached hydrogens (tertiary/aromatic N) is 2. The number of carbonyl (C=O) groups excluding carboxylic acids is 2. The molecule has 2 amide bonds. The number of hydrogen-bond donors (Lipinski definition) is 2. The largest absolute Gasteiger partial charge is 0.326 e. The molecule has 0 saturated heterocycles. The smallest absolute Gasteiger partial charge is 0.227 e. The highest BCUT2D eigenvalue weighted by atomic mass is 16.2. The first-order valence-corrected chi connectivity index (χ1v) is 12.7. The number of amides is 2. The van der Waals surface area contributed by atoms with E-state index in [4.69, 9.17) is 0 Å². The van der Waals surface area contributed by atoms with Crippen LogP contribution in [0, 0.1) is 11.8 Å². The van der Waals surface area contributed by atoms with Crippen molar-refractivity contribution in [3.63, 3.8) is 0 Å². The fraction of sp³-hybridized carbons (Fsp3) is 0.500. The zero-order valence-electron chi connectivity index (χ0n) is 21.1. The molecule has 0 bridgehead atoms. The lowest BCUT2D eigenvalue weighted by Gasteiger charge is -2.18. The Morgan fingerprint density at radius 2 is 1.35 bits per heavy atom. The molecule has 0 saturated carbocycles. The van der Waals surface area contributed by atoms with Crippen LogP contribution in [0.25, 0.3) is 0 Å². The number of hydrogen-bond acceptors (Lipinski definition) is 4. The van der Waals surface area contributed by atoms with Crippen LogP contribution in [0.4, 0.5) is 22.7 Å². The van der Waals surface area contributed by atoms with Gasteiger partial charge in [0.1, 0.15) is 5.69 Å². The van der Waals surface area contributed by atoms with Gasteiger partial charge in [-0.15, -0.1) is 5.11 Å². The minimum Gasteiger partial charge on any atom is -0.326 e. The second-order valence-corrected chi connectivity index (χ2v) is 8.74. The summed E-state index contributed by atoms with van der Waals surface area (Å²) in [4.78, 5) is 25.8. The Morgan fingerprint density at radius 1 is 0.765 bits per heavy atom. The Labute approximate surface area is 204 Å². The van der Waals surface area contributed by atoms with Crippen molar-refractivity contribution in [3.8, 4) is 0 Å². The van der Waals surface area contributed by atoms with Crippen LogP contribution in [-0.2, 0) is 9.59 Å². The maximum Gasteiger partial charge on any atom is 0.227 e. The normalized spacial score (nSPS) is 12.9. The van der Waals surface area contributed by atoms with Crippen LogP contribution < -0.4 is 10.6 Å². The van der Waals surface area contributed by atoms with Crippen LogP contribution in [0.1, 0.15) is 79.1 Å². The molecule has 34 heavy (non-hydrogen) atoms. The van der Waals surface area contributed by atoms with Gasteiger partial charge < -0.3 is 10.6 Å². The summed E-state index contributed by atoms with van der Waals surface area (Å²) in [5.74, 6) is -0.0872. The van der Waals surface area contributed by atoms with Gasteiger partial charge in [-0.05, 0) is 56.0 Å². The van der Waals surface area contributed by atoms with Crippen molar-refractivity contribution in [1.82, 2.24) is 0 Å². The Hall–Kier alpha value is -3.02. The summed E-state index contributed by atoms with van der Waals surface area (Å²) in [6, 6.07) is 14.9. The van der Waals surface area contributed by atoms with Gasteiger partial charge in [-0.25, -0.2) is 0 Å². The molecule has 2 unspecified atom stereocenters. The van der Waals surface area contributed by atoms with Gasteiger partial charge >= 0.3 is 0 Å². The summed E-state index contributed by atoms with van der Waals surface area (Å²) in [5.41, 5.74) is 2.49. The van der Waals surface area contributed by atoms with Crippen LogP contribution in [0.2, 0.25) is 0 Å². The maximum absolute atomic E-state index is 13.0. The van der Waals surface area contributed by atoms with Gasteiger partial charge in [-0.2, -0.15) is 5.11 Å². The lowest BCUT2D eigenvalue weighted by atomic mass is 9.98. The first-order chi connectivity index (χ1) is 16.5. The molecular formula is C28H40N4O2. The number of carbonyl (C=O) groups is 2. The average Bonchev–Trinajstić information content (AvgIpc) is 2.85. The van der Waals surface area contributed by atoms with E-state index in [2.05, 4.69) is 34.7 Å². The highest BCUT2D eigenvalue weighted by Gasteiger charge is 2.19. The maximum atomic E-state index is 13.0. The van der Waals surface area contributed by atoms with Crippen molar-refractivity contribution < 1.29 is 9.59 Å². The summed E-state index contributed by atoms with van der Waals surface area (Å²) >= 11 is 0. The molecule has 2 aromatic rings. The van der Waals surface area contributed by atoms with Crippen LogP contribution in [0.3, 0.4) is 0 Å². The molecule has 184 valence electrons.